The number of aromatic nitrogens is 1. The first kappa shape index (κ1) is 20.1. The van der Waals surface area contributed by atoms with Crippen molar-refractivity contribution in [3.8, 4) is 11.3 Å². The Kier molecular flexibility index (Phi) is 6.18. The van der Waals surface area contributed by atoms with Crippen molar-refractivity contribution in [2.24, 2.45) is 5.92 Å². The van der Waals surface area contributed by atoms with Gasteiger partial charge in [-0.05, 0) is 44.2 Å². The molecule has 0 radical (unpaired) electrons. The minimum Gasteiger partial charge on any atom is -0.465 e. The molecule has 1 aliphatic carbocycles. The number of hydrogen-bond donors (Lipinski definition) is 3. The van der Waals surface area contributed by atoms with Crippen LogP contribution in [0.15, 0.2) is 22.7 Å². The van der Waals surface area contributed by atoms with Crippen LogP contribution >= 0.6 is 11.6 Å². The second-order valence-corrected chi connectivity index (χ2v) is 7.36. The second kappa shape index (κ2) is 8.60. The summed E-state index contributed by atoms with van der Waals surface area (Å²) in [5, 5.41) is 18.2. The Hall–Kier alpha value is -2.61. The van der Waals surface area contributed by atoms with Gasteiger partial charge in [-0.2, -0.15) is 0 Å². The molecule has 1 aromatic heterocycles. The zero-order valence-electron chi connectivity index (χ0n) is 15.3. The standard InChI is InChI=1S/C19H21ClFN3O4/c1-10-15(17(24-28-10)16-13(20)6-3-7-14(16)21)18(25)22-9-11-4-2-5-12(8-11)23-19(26)27/h3,6-7,11-12,23H,2,4-5,8-9H2,1H3,(H,22,25)(H,26,27). The monoisotopic (exact) mass is 409 g/mol. The van der Waals surface area contributed by atoms with Crippen LogP contribution in [-0.2, 0) is 0 Å². The minimum absolute atomic E-state index is 0.0227. The summed E-state index contributed by atoms with van der Waals surface area (Å²) in [6.45, 7) is 1.96. The molecule has 0 aliphatic heterocycles. The molecular formula is C19H21ClFN3O4. The van der Waals surface area contributed by atoms with Gasteiger partial charge in [-0.15, -0.1) is 0 Å². The quantitative estimate of drug-likeness (QED) is 0.692. The Balaban J connectivity index is 1.72. The zero-order valence-corrected chi connectivity index (χ0v) is 16.1. The first-order valence-corrected chi connectivity index (χ1v) is 9.43. The van der Waals surface area contributed by atoms with Crippen molar-refractivity contribution in [1.82, 2.24) is 15.8 Å². The summed E-state index contributed by atoms with van der Waals surface area (Å²) >= 11 is 6.10. The van der Waals surface area contributed by atoms with Crippen molar-refractivity contribution in [2.75, 3.05) is 6.54 Å². The molecule has 2 atom stereocenters. The lowest BCUT2D eigenvalue weighted by Crippen LogP contribution is -2.40. The van der Waals surface area contributed by atoms with E-state index in [2.05, 4.69) is 15.8 Å². The Morgan fingerprint density at radius 3 is 2.89 bits per heavy atom. The lowest BCUT2D eigenvalue weighted by molar-refractivity contribution is 0.0939. The highest BCUT2D eigenvalue weighted by Crippen LogP contribution is 2.33. The summed E-state index contributed by atoms with van der Waals surface area (Å²) in [7, 11) is 0. The van der Waals surface area contributed by atoms with Gasteiger partial charge in [-0.3, -0.25) is 4.79 Å². The molecule has 7 nitrogen and oxygen atoms in total. The van der Waals surface area contributed by atoms with E-state index in [4.69, 9.17) is 21.2 Å². The number of nitrogens with one attached hydrogen (secondary N) is 2. The molecule has 150 valence electrons. The molecule has 1 fully saturated rings. The van der Waals surface area contributed by atoms with Crippen LogP contribution in [0.2, 0.25) is 5.02 Å². The lowest BCUT2D eigenvalue weighted by atomic mass is 9.85. The third-order valence-corrected chi connectivity index (χ3v) is 5.27. The first-order chi connectivity index (χ1) is 13.4. The smallest absolute Gasteiger partial charge is 0.404 e. The van der Waals surface area contributed by atoms with Gasteiger partial charge in [0.05, 0.1) is 10.6 Å². The second-order valence-electron chi connectivity index (χ2n) is 6.95. The van der Waals surface area contributed by atoms with E-state index >= 15 is 0 Å². The molecule has 0 bridgehead atoms. The maximum atomic E-state index is 14.3. The molecule has 0 saturated heterocycles. The molecule has 1 heterocycles. The van der Waals surface area contributed by atoms with E-state index in [1.54, 1.807) is 6.92 Å². The van der Waals surface area contributed by atoms with Gasteiger partial charge in [0.2, 0.25) is 0 Å². The van der Waals surface area contributed by atoms with Crippen molar-refractivity contribution in [3.63, 3.8) is 0 Å². The first-order valence-electron chi connectivity index (χ1n) is 9.05. The summed E-state index contributed by atoms with van der Waals surface area (Å²) in [6, 6.07) is 4.12. The third kappa shape index (κ3) is 4.44. The normalized spacial score (nSPS) is 19.2. The Labute approximate surface area is 166 Å². The summed E-state index contributed by atoms with van der Waals surface area (Å²) in [6.07, 6.45) is 2.18. The molecule has 2 aromatic rings. The Bertz CT molecular complexity index is 866. The fourth-order valence-electron chi connectivity index (χ4n) is 3.64. The van der Waals surface area contributed by atoms with Crippen LogP contribution in [0.4, 0.5) is 9.18 Å². The number of carboxylic acid groups (broad SMARTS) is 1. The fraction of sp³-hybridized carbons (Fsp3) is 0.421. The van der Waals surface area contributed by atoms with Gasteiger partial charge >= 0.3 is 6.09 Å². The molecule has 0 spiro atoms. The summed E-state index contributed by atoms with van der Waals surface area (Å²) < 4.78 is 19.4. The van der Waals surface area contributed by atoms with Crippen LogP contribution in [0.25, 0.3) is 11.3 Å². The predicted octanol–water partition coefficient (Wildman–Crippen LogP) is 4.00. The van der Waals surface area contributed by atoms with Gasteiger partial charge in [-0.1, -0.05) is 29.2 Å². The average Bonchev–Trinajstić information content (AvgIpc) is 3.00. The fourth-order valence-corrected chi connectivity index (χ4v) is 3.89. The highest BCUT2D eigenvalue weighted by atomic mass is 35.5. The van der Waals surface area contributed by atoms with Crippen molar-refractivity contribution in [1.29, 1.82) is 0 Å². The van der Waals surface area contributed by atoms with Crippen LogP contribution in [0.1, 0.15) is 41.8 Å². The van der Waals surface area contributed by atoms with Gasteiger partial charge in [0, 0.05) is 12.6 Å². The number of carbonyl (C=O) groups excluding carboxylic acids is 1. The van der Waals surface area contributed by atoms with Crippen LogP contribution in [0.3, 0.4) is 0 Å². The maximum Gasteiger partial charge on any atom is 0.404 e. The molecule has 28 heavy (non-hydrogen) atoms. The number of aryl methyl sites for hydroxylation is 1. The summed E-state index contributed by atoms with van der Waals surface area (Å²) in [5.41, 5.74) is 0.227. The largest absolute Gasteiger partial charge is 0.465 e. The molecule has 1 aromatic carbocycles. The van der Waals surface area contributed by atoms with E-state index < -0.39 is 17.8 Å². The van der Waals surface area contributed by atoms with E-state index in [0.717, 1.165) is 19.3 Å². The van der Waals surface area contributed by atoms with Crippen molar-refractivity contribution in [3.05, 3.63) is 40.4 Å². The maximum absolute atomic E-state index is 14.3. The lowest BCUT2D eigenvalue weighted by Gasteiger charge is -2.29. The SMILES string of the molecule is Cc1onc(-c2c(F)cccc2Cl)c1C(=O)NCC1CCCC(NC(=O)O)C1. The van der Waals surface area contributed by atoms with Gasteiger partial charge < -0.3 is 20.3 Å². The number of halogens is 2. The van der Waals surface area contributed by atoms with Crippen LogP contribution in [0, 0.1) is 18.7 Å². The summed E-state index contributed by atoms with van der Waals surface area (Å²) in [4.78, 5) is 23.6. The molecule has 1 aliphatic rings. The predicted molar refractivity (Wildman–Crippen MR) is 101 cm³/mol. The van der Waals surface area contributed by atoms with E-state index in [1.165, 1.54) is 18.2 Å². The van der Waals surface area contributed by atoms with Crippen LogP contribution in [0.5, 0.6) is 0 Å². The number of carbonyl (C=O) groups is 2. The summed E-state index contributed by atoms with van der Waals surface area (Å²) in [5.74, 6) is -0.609. The van der Waals surface area contributed by atoms with E-state index in [9.17, 15) is 14.0 Å². The molecular weight excluding hydrogens is 389 g/mol. The van der Waals surface area contributed by atoms with Gasteiger partial charge in [0.1, 0.15) is 22.8 Å². The molecule has 1 saturated carbocycles. The molecule has 3 N–H and O–H groups in total. The molecule has 2 unspecified atom stereocenters. The highest BCUT2D eigenvalue weighted by molar-refractivity contribution is 6.33. The molecule has 2 amide bonds. The number of rotatable bonds is 5. The van der Waals surface area contributed by atoms with Gasteiger partial charge in [0.15, 0.2) is 0 Å². The highest BCUT2D eigenvalue weighted by Gasteiger charge is 2.27. The Morgan fingerprint density at radius 2 is 2.18 bits per heavy atom. The zero-order chi connectivity index (χ0) is 20.3. The van der Waals surface area contributed by atoms with E-state index in [1.807, 2.05) is 0 Å². The van der Waals surface area contributed by atoms with Gasteiger partial charge in [-0.25, -0.2) is 9.18 Å². The number of nitrogens with zero attached hydrogens (tertiary/aromatic N) is 1. The van der Waals surface area contributed by atoms with Crippen LogP contribution < -0.4 is 10.6 Å². The van der Waals surface area contributed by atoms with E-state index in [-0.39, 0.29) is 39.6 Å². The van der Waals surface area contributed by atoms with Crippen molar-refractivity contribution >= 4 is 23.6 Å². The molecule has 9 heteroatoms. The average molecular weight is 410 g/mol. The third-order valence-electron chi connectivity index (χ3n) is 4.95. The number of amides is 2. The number of benzene rings is 1. The van der Waals surface area contributed by atoms with Crippen LogP contribution in [-0.4, -0.2) is 34.9 Å². The van der Waals surface area contributed by atoms with Crippen molar-refractivity contribution in [2.45, 2.75) is 38.6 Å². The number of hydrogen-bond acceptors (Lipinski definition) is 4. The van der Waals surface area contributed by atoms with E-state index in [0.29, 0.717) is 13.0 Å². The van der Waals surface area contributed by atoms with Gasteiger partial charge in [0.25, 0.3) is 5.91 Å². The Morgan fingerprint density at radius 1 is 1.39 bits per heavy atom. The minimum atomic E-state index is -1.04. The van der Waals surface area contributed by atoms with Crippen molar-refractivity contribution < 1.29 is 23.6 Å². The molecule has 3 rings (SSSR count). The topological polar surface area (TPSA) is 104 Å².